The summed E-state index contributed by atoms with van der Waals surface area (Å²) in [6.07, 6.45) is 7.56. The summed E-state index contributed by atoms with van der Waals surface area (Å²) < 4.78 is 0. The van der Waals surface area contributed by atoms with Crippen LogP contribution in [0, 0.1) is 5.92 Å². The molecule has 0 radical (unpaired) electrons. The predicted molar refractivity (Wildman–Crippen MR) is 82.1 cm³/mol. The van der Waals surface area contributed by atoms with Crippen molar-refractivity contribution < 1.29 is 4.79 Å². The SMILES string of the molecule is CCCc1ccc(C(=O)CN(CC2CC2)C2CC2)cc1. The van der Waals surface area contributed by atoms with E-state index in [-0.39, 0.29) is 0 Å². The number of hydrogen-bond acceptors (Lipinski definition) is 2. The topological polar surface area (TPSA) is 20.3 Å². The van der Waals surface area contributed by atoms with Crippen molar-refractivity contribution in [2.45, 2.75) is 51.5 Å². The van der Waals surface area contributed by atoms with Gasteiger partial charge in [-0.3, -0.25) is 9.69 Å². The Kier molecular flexibility index (Phi) is 4.21. The molecule has 2 fully saturated rings. The molecule has 2 aliphatic rings. The van der Waals surface area contributed by atoms with E-state index in [0.29, 0.717) is 18.4 Å². The minimum absolute atomic E-state index is 0.292. The molecular weight excluding hydrogens is 246 g/mol. The highest BCUT2D eigenvalue weighted by molar-refractivity contribution is 5.97. The molecule has 1 aromatic rings. The van der Waals surface area contributed by atoms with Crippen LogP contribution in [0.15, 0.2) is 24.3 Å². The largest absolute Gasteiger partial charge is 0.293 e. The van der Waals surface area contributed by atoms with Crippen LogP contribution >= 0.6 is 0 Å². The van der Waals surface area contributed by atoms with E-state index < -0.39 is 0 Å². The van der Waals surface area contributed by atoms with Crippen molar-refractivity contribution >= 4 is 5.78 Å². The van der Waals surface area contributed by atoms with E-state index in [0.717, 1.165) is 30.9 Å². The summed E-state index contributed by atoms with van der Waals surface area (Å²) >= 11 is 0. The van der Waals surface area contributed by atoms with Gasteiger partial charge in [-0.25, -0.2) is 0 Å². The molecule has 0 unspecified atom stereocenters. The second-order valence-electron chi connectivity index (χ2n) is 6.47. The van der Waals surface area contributed by atoms with Crippen LogP contribution in [0.2, 0.25) is 0 Å². The van der Waals surface area contributed by atoms with E-state index in [2.05, 4.69) is 24.0 Å². The van der Waals surface area contributed by atoms with Crippen LogP contribution in [0.4, 0.5) is 0 Å². The molecule has 0 bridgehead atoms. The van der Waals surface area contributed by atoms with Gasteiger partial charge in [0.05, 0.1) is 6.54 Å². The van der Waals surface area contributed by atoms with Crippen LogP contribution in [0.3, 0.4) is 0 Å². The van der Waals surface area contributed by atoms with Gasteiger partial charge < -0.3 is 0 Å². The standard InChI is InChI=1S/C18H25NO/c1-2-3-14-6-8-16(9-7-14)18(20)13-19(17-10-11-17)12-15-4-5-15/h6-9,15,17H,2-5,10-13H2,1H3. The molecule has 2 heteroatoms. The maximum Gasteiger partial charge on any atom is 0.176 e. The van der Waals surface area contributed by atoms with E-state index in [1.165, 1.54) is 31.2 Å². The summed E-state index contributed by atoms with van der Waals surface area (Å²) in [5, 5.41) is 0. The van der Waals surface area contributed by atoms with Gasteiger partial charge in [0.2, 0.25) is 0 Å². The van der Waals surface area contributed by atoms with Crippen molar-refractivity contribution in [3.05, 3.63) is 35.4 Å². The first-order valence-electron chi connectivity index (χ1n) is 8.12. The second kappa shape index (κ2) is 6.09. The fourth-order valence-electron chi connectivity index (χ4n) is 2.84. The van der Waals surface area contributed by atoms with Gasteiger partial charge in [-0.1, -0.05) is 37.6 Å². The Balaban J connectivity index is 1.58. The summed E-state index contributed by atoms with van der Waals surface area (Å²) in [6.45, 7) is 3.95. The predicted octanol–water partition coefficient (Wildman–Crippen LogP) is 3.70. The zero-order valence-electron chi connectivity index (χ0n) is 12.5. The van der Waals surface area contributed by atoms with Crippen molar-refractivity contribution in [3.63, 3.8) is 0 Å². The molecule has 0 amide bonds. The Labute approximate surface area is 122 Å². The van der Waals surface area contributed by atoms with Crippen LogP contribution < -0.4 is 0 Å². The molecule has 0 heterocycles. The van der Waals surface area contributed by atoms with Crippen molar-refractivity contribution in [1.82, 2.24) is 4.90 Å². The molecule has 2 saturated carbocycles. The third-order valence-electron chi connectivity index (χ3n) is 4.41. The highest BCUT2D eigenvalue weighted by atomic mass is 16.1. The lowest BCUT2D eigenvalue weighted by atomic mass is 10.0. The number of Topliss-reactive ketones (excluding diaryl/α,β-unsaturated/α-hetero) is 1. The summed E-state index contributed by atoms with van der Waals surface area (Å²) in [5.41, 5.74) is 2.22. The fraction of sp³-hybridized carbons (Fsp3) is 0.611. The average Bonchev–Trinajstić information content (AvgIpc) is 3.32. The zero-order valence-corrected chi connectivity index (χ0v) is 12.5. The quantitative estimate of drug-likeness (QED) is 0.672. The normalized spacial score (nSPS) is 18.5. The van der Waals surface area contributed by atoms with Crippen molar-refractivity contribution in [2.24, 2.45) is 5.92 Å². The number of aryl methyl sites for hydroxylation is 1. The molecule has 0 saturated heterocycles. The van der Waals surface area contributed by atoms with Crippen LogP contribution in [0.1, 0.15) is 54.9 Å². The third-order valence-corrected chi connectivity index (χ3v) is 4.41. The Morgan fingerprint density at radius 1 is 1.15 bits per heavy atom. The molecule has 0 aromatic heterocycles. The molecule has 0 N–H and O–H groups in total. The third kappa shape index (κ3) is 3.69. The van der Waals surface area contributed by atoms with Crippen LogP contribution in [0.25, 0.3) is 0 Å². The van der Waals surface area contributed by atoms with Gasteiger partial charge in [-0.15, -0.1) is 0 Å². The van der Waals surface area contributed by atoms with E-state index in [9.17, 15) is 4.79 Å². The van der Waals surface area contributed by atoms with Gasteiger partial charge in [-0.05, 0) is 43.6 Å². The second-order valence-corrected chi connectivity index (χ2v) is 6.47. The van der Waals surface area contributed by atoms with Crippen LogP contribution in [-0.2, 0) is 6.42 Å². The number of carbonyl (C=O) groups is 1. The van der Waals surface area contributed by atoms with Crippen molar-refractivity contribution in [1.29, 1.82) is 0 Å². The summed E-state index contributed by atoms with van der Waals surface area (Å²) in [4.78, 5) is 14.8. The first-order valence-corrected chi connectivity index (χ1v) is 8.12. The first kappa shape index (κ1) is 13.8. The monoisotopic (exact) mass is 271 g/mol. The van der Waals surface area contributed by atoms with Gasteiger partial charge in [0.1, 0.15) is 0 Å². The molecule has 2 nitrogen and oxygen atoms in total. The zero-order chi connectivity index (χ0) is 13.9. The fourth-order valence-corrected chi connectivity index (χ4v) is 2.84. The number of nitrogens with zero attached hydrogens (tertiary/aromatic N) is 1. The van der Waals surface area contributed by atoms with Gasteiger partial charge in [0.25, 0.3) is 0 Å². The van der Waals surface area contributed by atoms with Crippen molar-refractivity contribution in [2.75, 3.05) is 13.1 Å². The average molecular weight is 271 g/mol. The number of hydrogen-bond donors (Lipinski definition) is 0. The lowest BCUT2D eigenvalue weighted by Gasteiger charge is -2.20. The molecule has 0 spiro atoms. The molecule has 3 rings (SSSR count). The maximum atomic E-state index is 12.4. The van der Waals surface area contributed by atoms with E-state index in [4.69, 9.17) is 0 Å². The van der Waals surface area contributed by atoms with E-state index >= 15 is 0 Å². The smallest absolute Gasteiger partial charge is 0.176 e. The molecule has 20 heavy (non-hydrogen) atoms. The highest BCUT2D eigenvalue weighted by Gasteiger charge is 2.34. The van der Waals surface area contributed by atoms with Gasteiger partial charge >= 0.3 is 0 Å². The molecule has 0 atom stereocenters. The van der Waals surface area contributed by atoms with Crippen LogP contribution in [-0.4, -0.2) is 29.8 Å². The van der Waals surface area contributed by atoms with Crippen molar-refractivity contribution in [3.8, 4) is 0 Å². The molecule has 108 valence electrons. The van der Waals surface area contributed by atoms with E-state index in [1.54, 1.807) is 0 Å². The van der Waals surface area contributed by atoms with Gasteiger partial charge in [0, 0.05) is 18.2 Å². The maximum absolute atomic E-state index is 12.4. The number of benzene rings is 1. The van der Waals surface area contributed by atoms with Gasteiger partial charge in [0.15, 0.2) is 5.78 Å². The Morgan fingerprint density at radius 2 is 1.85 bits per heavy atom. The van der Waals surface area contributed by atoms with E-state index in [1.807, 2.05) is 12.1 Å². The Morgan fingerprint density at radius 3 is 2.40 bits per heavy atom. The summed E-state index contributed by atoms with van der Waals surface area (Å²) in [5.74, 6) is 1.16. The Hall–Kier alpha value is -1.15. The van der Waals surface area contributed by atoms with Crippen LogP contribution in [0.5, 0.6) is 0 Å². The number of ketones is 1. The summed E-state index contributed by atoms with van der Waals surface area (Å²) in [6, 6.07) is 8.93. The lowest BCUT2D eigenvalue weighted by molar-refractivity contribution is 0.0921. The highest BCUT2D eigenvalue weighted by Crippen LogP contribution is 2.34. The number of rotatable bonds is 8. The minimum atomic E-state index is 0.292. The molecular formula is C18H25NO. The minimum Gasteiger partial charge on any atom is -0.293 e. The number of carbonyl (C=O) groups excluding carboxylic acids is 1. The first-order chi connectivity index (χ1) is 9.76. The molecule has 2 aliphatic carbocycles. The Bertz CT molecular complexity index is 457. The molecule has 0 aliphatic heterocycles. The van der Waals surface area contributed by atoms with Gasteiger partial charge in [-0.2, -0.15) is 0 Å². The lowest BCUT2D eigenvalue weighted by Crippen LogP contribution is -2.33. The summed E-state index contributed by atoms with van der Waals surface area (Å²) in [7, 11) is 0. The molecule has 1 aromatic carbocycles.